The highest BCUT2D eigenvalue weighted by atomic mass is 16.1. The van der Waals surface area contributed by atoms with Gasteiger partial charge < -0.3 is 5.32 Å². The maximum Gasteiger partial charge on any atom is 0.254 e. The van der Waals surface area contributed by atoms with E-state index in [0.717, 1.165) is 24.1 Å². The molecule has 2 rings (SSSR count). The number of carbonyl (C=O) groups is 1. The van der Waals surface area contributed by atoms with Gasteiger partial charge in [-0.15, -0.1) is 0 Å². The molecule has 0 aliphatic heterocycles. The van der Waals surface area contributed by atoms with Crippen LogP contribution >= 0.6 is 0 Å². The number of aryl methyl sites for hydroxylation is 2. The zero-order valence-electron chi connectivity index (χ0n) is 9.37. The minimum atomic E-state index is -0.617. The topological polar surface area (TPSA) is 65.8 Å². The van der Waals surface area contributed by atoms with Crippen LogP contribution in [0.25, 0.3) is 0 Å². The van der Waals surface area contributed by atoms with Crippen LogP contribution < -0.4 is 5.32 Å². The molecule has 1 aliphatic carbocycles. The fourth-order valence-corrected chi connectivity index (χ4v) is 1.61. The van der Waals surface area contributed by atoms with E-state index in [1.54, 1.807) is 6.20 Å². The molecule has 1 aromatic heterocycles. The smallest absolute Gasteiger partial charge is 0.254 e. The van der Waals surface area contributed by atoms with E-state index in [4.69, 9.17) is 5.26 Å². The molecule has 0 aromatic carbocycles. The largest absolute Gasteiger partial charge is 0.334 e. The summed E-state index contributed by atoms with van der Waals surface area (Å²) >= 11 is 0. The molecule has 82 valence electrons. The van der Waals surface area contributed by atoms with Gasteiger partial charge in [0.05, 0.1) is 11.6 Å². The summed E-state index contributed by atoms with van der Waals surface area (Å²) in [6.45, 7) is 3.75. The van der Waals surface area contributed by atoms with Crippen molar-refractivity contribution < 1.29 is 4.79 Å². The lowest BCUT2D eigenvalue weighted by atomic mass is 10.1. The van der Waals surface area contributed by atoms with Crippen LogP contribution in [-0.4, -0.2) is 16.4 Å². The summed E-state index contributed by atoms with van der Waals surface area (Å²) in [5.74, 6) is -0.205. The highest BCUT2D eigenvalue weighted by Gasteiger charge is 2.44. The average molecular weight is 215 g/mol. The van der Waals surface area contributed by atoms with Gasteiger partial charge in [-0.1, -0.05) is 0 Å². The Kier molecular flexibility index (Phi) is 2.39. The second kappa shape index (κ2) is 3.60. The van der Waals surface area contributed by atoms with E-state index in [-0.39, 0.29) is 5.91 Å². The molecular weight excluding hydrogens is 202 g/mol. The van der Waals surface area contributed by atoms with Crippen LogP contribution in [0.15, 0.2) is 12.3 Å². The highest BCUT2D eigenvalue weighted by Crippen LogP contribution is 2.34. The van der Waals surface area contributed by atoms with Gasteiger partial charge in [-0.3, -0.25) is 9.78 Å². The van der Waals surface area contributed by atoms with Gasteiger partial charge >= 0.3 is 0 Å². The third-order valence-electron chi connectivity index (χ3n) is 2.81. The molecule has 1 heterocycles. The number of hydrogen-bond donors (Lipinski definition) is 1. The minimum Gasteiger partial charge on any atom is -0.334 e. The van der Waals surface area contributed by atoms with Crippen molar-refractivity contribution in [2.45, 2.75) is 32.2 Å². The lowest BCUT2D eigenvalue weighted by Crippen LogP contribution is -2.36. The van der Waals surface area contributed by atoms with Crippen molar-refractivity contribution in [2.24, 2.45) is 0 Å². The summed E-state index contributed by atoms with van der Waals surface area (Å²) in [7, 11) is 0. The minimum absolute atomic E-state index is 0.205. The third kappa shape index (κ3) is 1.89. The summed E-state index contributed by atoms with van der Waals surface area (Å²) in [6, 6.07) is 3.99. The molecule has 1 aliphatic rings. The fraction of sp³-hybridized carbons (Fsp3) is 0.417. The first-order valence-electron chi connectivity index (χ1n) is 5.23. The normalized spacial score (nSPS) is 16.3. The second-order valence-electron chi connectivity index (χ2n) is 4.29. The predicted octanol–water partition coefficient (Wildman–Crippen LogP) is 1.48. The third-order valence-corrected chi connectivity index (χ3v) is 2.81. The number of pyridine rings is 1. The molecule has 1 fully saturated rings. The maximum absolute atomic E-state index is 11.9. The molecule has 4 heteroatoms. The molecule has 1 aromatic rings. The molecule has 1 amide bonds. The van der Waals surface area contributed by atoms with Crippen molar-refractivity contribution >= 4 is 5.91 Å². The van der Waals surface area contributed by atoms with Gasteiger partial charge in [0.25, 0.3) is 5.91 Å². The SMILES string of the molecule is Cc1cc(C)c(C(=O)NC2(C#N)CC2)cn1. The van der Waals surface area contributed by atoms with Gasteiger partial charge in [0.1, 0.15) is 5.54 Å². The van der Waals surface area contributed by atoms with Gasteiger partial charge in [-0.05, 0) is 38.3 Å². The molecule has 0 atom stereocenters. The van der Waals surface area contributed by atoms with Gasteiger partial charge in [0, 0.05) is 11.9 Å². The number of nitriles is 1. The van der Waals surface area contributed by atoms with Crippen molar-refractivity contribution in [3.8, 4) is 6.07 Å². The first-order chi connectivity index (χ1) is 7.56. The Morgan fingerprint density at radius 3 is 2.75 bits per heavy atom. The molecule has 0 saturated heterocycles. The summed E-state index contributed by atoms with van der Waals surface area (Å²) < 4.78 is 0. The van der Waals surface area contributed by atoms with Crippen LogP contribution in [0.2, 0.25) is 0 Å². The zero-order valence-corrected chi connectivity index (χ0v) is 9.37. The van der Waals surface area contributed by atoms with Crippen molar-refractivity contribution in [3.05, 3.63) is 29.1 Å². The lowest BCUT2D eigenvalue weighted by Gasteiger charge is -2.10. The lowest BCUT2D eigenvalue weighted by molar-refractivity contribution is 0.0940. The van der Waals surface area contributed by atoms with E-state index in [0.29, 0.717) is 5.56 Å². The van der Waals surface area contributed by atoms with E-state index < -0.39 is 5.54 Å². The van der Waals surface area contributed by atoms with Crippen molar-refractivity contribution in [1.82, 2.24) is 10.3 Å². The fourth-order valence-electron chi connectivity index (χ4n) is 1.61. The van der Waals surface area contributed by atoms with Gasteiger partial charge in [-0.25, -0.2) is 0 Å². The van der Waals surface area contributed by atoms with Crippen LogP contribution in [0.1, 0.15) is 34.5 Å². The van der Waals surface area contributed by atoms with Crippen LogP contribution in [0.5, 0.6) is 0 Å². The van der Waals surface area contributed by atoms with Crippen LogP contribution in [0.4, 0.5) is 0 Å². The average Bonchev–Trinajstić information content (AvgIpc) is 2.98. The summed E-state index contributed by atoms with van der Waals surface area (Å²) in [5.41, 5.74) is 1.70. The first-order valence-corrected chi connectivity index (χ1v) is 5.23. The Bertz CT molecular complexity index is 484. The monoisotopic (exact) mass is 215 g/mol. The summed E-state index contributed by atoms with van der Waals surface area (Å²) in [6.07, 6.45) is 3.05. The van der Waals surface area contributed by atoms with E-state index in [2.05, 4.69) is 16.4 Å². The number of rotatable bonds is 2. The zero-order chi connectivity index (χ0) is 11.8. The van der Waals surface area contributed by atoms with Gasteiger partial charge in [-0.2, -0.15) is 5.26 Å². The molecule has 1 saturated carbocycles. The second-order valence-corrected chi connectivity index (χ2v) is 4.29. The Balaban J connectivity index is 2.19. The Labute approximate surface area is 94.3 Å². The predicted molar refractivity (Wildman–Crippen MR) is 58.8 cm³/mol. The van der Waals surface area contributed by atoms with Crippen LogP contribution in [-0.2, 0) is 0 Å². The quantitative estimate of drug-likeness (QED) is 0.812. The van der Waals surface area contributed by atoms with E-state index >= 15 is 0 Å². The first kappa shape index (κ1) is 10.6. The van der Waals surface area contributed by atoms with Crippen molar-refractivity contribution in [3.63, 3.8) is 0 Å². The standard InChI is InChI=1S/C12H13N3O/c1-8-5-9(2)14-6-10(8)11(16)15-12(7-13)3-4-12/h5-6H,3-4H2,1-2H3,(H,15,16). The van der Waals surface area contributed by atoms with Crippen molar-refractivity contribution in [2.75, 3.05) is 0 Å². The van der Waals surface area contributed by atoms with E-state index in [1.807, 2.05) is 19.9 Å². The Hall–Kier alpha value is -1.89. The highest BCUT2D eigenvalue weighted by molar-refractivity contribution is 5.96. The number of amides is 1. The van der Waals surface area contributed by atoms with Crippen LogP contribution in [0.3, 0.4) is 0 Å². The molecule has 0 bridgehead atoms. The molecule has 0 spiro atoms. The Morgan fingerprint density at radius 1 is 1.56 bits per heavy atom. The number of nitrogens with zero attached hydrogens (tertiary/aromatic N) is 2. The molecular formula is C12H13N3O. The summed E-state index contributed by atoms with van der Waals surface area (Å²) in [5, 5.41) is 11.6. The van der Waals surface area contributed by atoms with Crippen LogP contribution in [0, 0.1) is 25.2 Å². The number of nitrogens with one attached hydrogen (secondary N) is 1. The van der Waals surface area contributed by atoms with Gasteiger partial charge in [0.15, 0.2) is 0 Å². The molecule has 16 heavy (non-hydrogen) atoms. The number of hydrogen-bond acceptors (Lipinski definition) is 3. The molecule has 4 nitrogen and oxygen atoms in total. The number of carbonyl (C=O) groups excluding carboxylic acids is 1. The Morgan fingerprint density at radius 2 is 2.25 bits per heavy atom. The molecule has 0 radical (unpaired) electrons. The van der Waals surface area contributed by atoms with E-state index in [9.17, 15) is 4.79 Å². The summed E-state index contributed by atoms with van der Waals surface area (Å²) in [4.78, 5) is 16.0. The maximum atomic E-state index is 11.9. The number of aromatic nitrogens is 1. The molecule has 1 N–H and O–H groups in total. The van der Waals surface area contributed by atoms with Gasteiger partial charge in [0.2, 0.25) is 0 Å². The molecule has 0 unspecified atom stereocenters. The van der Waals surface area contributed by atoms with Crippen molar-refractivity contribution in [1.29, 1.82) is 5.26 Å². The van der Waals surface area contributed by atoms with E-state index in [1.165, 1.54) is 0 Å².